The molecule has 0 unspecified atom stereocenters. The average Bonchev–Trinajstić information content (AvgIpc) is 3.10. The van der Waals surface area contributed by atoms with Crippen molar-refractivity contribution in [3.05, 3.63) is 58.5 Å². The van der Waals surface area contributed by atoms with Gasteiger partial charge in [-0.1, -0.05) is 12.1 Å². The number of nitrogens with zero attached hydrogens (tertiary/aromatic N) is 1. The van der Waals surface area contributed by atoms with Gasteiger partial charge in [0.15, 0.2) is 0 Å². The quantitative estimate of drug-likeness (QED) is 0.868. The van der Waals surface area contributed by atoms with Crippen LogP contribution >= 0.6 is 15.9 Å². The third-order valence-electron chi connectivity index (χ3n) is 3.93. The monoisotopic (exact) mass is 378 g/mol. The lowest BCUT2D eigenvalue weighted by atomic mass is 10.1. The Morgan fingerprint density at radius 3 is 2.70 bits per heavy atom. The molecule has 1 saturated heterocycles. The van der Waals surface area contributed by atoms with Crippen molar-refractivity contribution in [3.8, 4) is 0 Å². The van der Waals surface area contributed by atoms with Gasteiger partial charge in [0.25, 0.3) is 5.91 Å². The molecular weight excluding hydrogens is 360 g/mol. The van der Waals surface area contributed by atoms with E-state index in [1.165, 1.54) is 0 Å². The van der Waals surface area contributed by atoms with Gasteiger partial charge in [0.1, 0.15) is 5.76 Å². The molecule has 1 aromatic heterocycles. The fraction of sp³-hybridized carbons (Fsp3) is 0.353. The number of ether oxygens (including phenoxy) is 1. The molecule has 6 heteroatoms. The van der Waals surface area contributed by atoms with Crippen LogP contribution in [0.25, 0.3) is 0 Å². The van der Waals surface area contributed by atoms with Crippen LogP contribution in [0.3, 0.4) is 0 Å². The Morgan fingerprint density at radius 2 is 2.00 bits per heavy atom. The predicted octanol–water partition coefficient (Wildman–Crippen LogP) is 2.85. The number of hydrogen-bond acceptors (Lipinski definition) is 4. The molecule has 0 spiro atoms. The molecule has 122 valence electrons. The SMILES string of the molecule is O=C(NC[C@@H](c1ccco1)N1CCOCC1)c1ccccc1Br. The average molecular weight is 379 g/mol. The van der Waals surface area contributed by atoms with Crippen LogP contribution in [0.5, 0.6) is 0 Å². The van der Waals surface area contributed by atoms with Crippen LogP contribution < -0.4 is 5.32 Å². The van der Waals surface area contributed by atoms with E-state index in [1.54, 1.807) is 12.3 Å². The lowest BCUT2D eigenvalue weighted by molar-refractivity contribution is 0.0118. The summed E-state index contributed by atoms with van der Waals surface area (Å²) in [5.41, 5.74) is 0.632. The van der Waals surface area contributed by atoms with Crippen molar-refractivity contribution in [3.63, 3.8) is 0 Å². The lowest BCUT2D eigenvalue weighted by Crippen LogP contribution is -2.43. The second-order valence-corrected chi connectivity index (χ2v) is 6.22. The zero-order valence-corrected chi connectivity index (χ0v) is 14.3. The van der Waals surface area contributed by atoms with Gasteiger partial charge in [0.05, 0.1) is 31.1 Å². The van der Waals surface area contributed by atoms with E-state index in [0.717, 1.165) is 23.3 Å². The molecular formula is C17H19BrN2O3. The minimum Gasteiger partial charge on any atom is -0.468 e. The van der Waals surface area contributed by atoms with E-state index in [4.69, 9.17) is 9.15 Å². The summed E-state index contributed by atoms with van der Waals surface area (Å²) in [7, 11) is 0. The minimum absolute atomic E-state index is 0.0142. The molecule has 1 aliphatic heterocycles. The Bertz CT molecular complexity index is 639. The number of amides is 1. The Kier molecular flexibility index (Phi) is 5.48. The molecule has 1 atom stereocenters. The highest BCUT2D eigenvalue weighted by Crippen LogP contribution is 2.22. The first kappa shape index (κ1) is 16.2. The van der Waals surface area contributed by atoms with E-state index in [-0.39, 0.29) is 11.9 Å². The van der Waals surface area contributed by atoms with Crippen LogP contribution in [0.2, 0.25) is 0 Å². The fourth-order valence-corrected chi connectivity index (χ4v) is 3.17. The molecule has 1 aromatic carbocycles. The summed E-state index contributed by atoms with van der Waals surface area (Å²) >= 11 is 3.41. The standard InChI is InChI=1S/C17H19BrN2O3/c18-14-5-2-1-4-13(14)17(21)19-12-15(16-6-3-9-23-16)20-7-10-22-11-8-20/h1-6,9,15H,7-8,10-12H2,(H,19,21)/t15-/m0/s1. The molecule has 0 bridgehead atoms. The molecule has 0 radical (unpaired) electrons. The normalized spacial score (nSPS) is 16.9. The zero-order valence-electron chi connectivity index (χ0n) is 12.7. The molecule has 1 N–H and O–H groups in total. The smallest absolute Gasteiger partial charge is 0.252 e. The predicted molar refractivity (Wildman–Crippen MR) is 90.3 cm³/mol. The van der Waals surface area contributed by atoms with Crippen LogP contribution in [0.1, 0.15) is 22.2 Å². The number of halogens is 1. The summed E-state index contributed by atoms with van der Waals surface area (Å²) in [5.74, 6) is 0.765. The van der Waals surface area contributed by atoms with Crippen LogP contribution in [0, 0.1) is 0 Å². The number of carbonyl (C=O) groups is 1. The maximum atomic E-state index is 12.4. The molecule has 23 heavy (non-hydrogen) atoms. The van der Waals surface area contributed by atoms with Crippen molar-refractivity contribution in [2.45, 2.75) is 6.04 Å². The molecule has 2 aromatic rings. The van der Waals surface area contributed by atoms with E-state index in [1.807, 2.05) is 30.3 Å². The van der Waals surface area contributed by atoms with E-state index in [2.05, 4.69) is 26.1 Å². The first-order valence-corrected chi connectivity index (χ1v) is 8.43. The Balaban J connectivity index is 1.69. The van der Waals surface area contributed by atoms with Gasteiger partial charge in [-0.05, 0) is 40.2 Å². The third kappa shape index (κ3) is 4.02. The van der Waals surface area contributed by atoms with Crippen molar-refractivity contribution in [1.29, 1.82) is 0 Å². The van der Waals surface area contributed by atoms with Crippen molar-refractivity contribution in [1.82, 2.24) is 10.2 Å². The Labute approximate surface area is 143 Å². The van der Waals surface area contributed by atoms with Crippen molar-refractivity contribution < 1.29 is 13.9 Å². The summed E-state index contributed by atoms with van der Waals surface area (Å²) < 4.78 is 11.8. The van der Waals surface area contributed by atoms with Crippen LogP contribution in [0.15, 0.2) is 51.6 Å². The third-order valence-corrected chi connectivity index (χ3v) is 4.62. The lowest BCUT2D eigenvalue weighted by Gasteiger charge is -2.33. The van der Waals surface area contributed by atoms with E-state index in [9.17, 15) is 4.79 Å². The second-order valence-electron chi connectivity index (χ2n) is 5.37. The molecule has 1 amide bonds. The van der Waals surface area contributed by atoms with Gasteiger partial charge in [-0.2, -0.15) is 0 Å². The van der Waals surface area contributed by atoms with Gasteiger partial charge in [-0.15, -0.1) is 0 Å². The molecule has 2 heterocycles. The molecule has 3 rings (SSSR count). The maximum Gasteiger partial charge on any atom is 0.252 e. The summed E-state index contributed by atoms with van der Waals surface area (Å²) in [6.45, 7) is 3.56. The largest absolute Gasteiger partial charge is 0.468 e. The van der Waals surface area contributed by atoms with Crippen molar-refractivity contribution in [2.75, 3.05) is 32.8 Å². The molecule has 5 nitrogen and oxygen atoms in total. The Morgan fingerprint density at radius 1 is 1.22 bits per heavy atom. The summed E-state index contributed by atoms with van der Waals surface area (Å²) in [6, 6.07) is 11.2. The summed E-state index contributed by atoms with van der Waals surface area (Å²) in [5, 5.41) is 3.01. The topological polar surface area (TPSA) is 54.7 Å². The number of rotatable bonds is 5. The number of hydrogen-bond donors (Lipinski definition) is 1. The van der Waals surface area contributed by atoms with Crippen LogP contribution in [-0.4, -0.2) is 43.7 Å². The van der Waals surface area contributed by atoms with Crippen LogP contribution in [0.4, 0.5) is 0 Å². The first-order valence-electron chi connectivity index (χ1n) is 7.63. The number of furan rings is 1. The molecule has 0 aliphatic carbocycles. The Hall–Kier alpha value is -1.63. The van der Waals surface area contributed by atoms with Gasteiger partial charge < -0.3 is 14.5 Å². The first-order chi connectivity index (χ1) is 11.3. The number of morpholine rings is 1. The van der Waals surface area contributed by atoms with Crippen molar-refractivity contribution in [2.24, 2.45) is 0 Å². The molecule has 1 aliphatic rings. The van der Waals surface area contributed by atoms with Gasteiger partial charge in [-0.3, -0.25) is 9.69 Å². The fourth-order valence-electron chi connectivity index (χ4n) is 2.71. The summed E-state index contributed by atoms with van der Waals surface area (Å²) in [4.78, 5) is 14.7. The van der Waals surface area contributed by atoms with Gasteiger partial charge >= 0.3 is 0 Å². The highest BCUT2D eigenvalue weighted by Gasteiger charge is 2.25. The van der Waals surface area contributed by atoms with Gasteiger partial charge in [0.2, 0.25) is 0 Å². The highest BCUT2D eigenvalue weighted by molar-refractivity contribution is 9.10. The minimum atomic E-state index is -0.0951. The summed E-state index contributed by atoms with van der Waals surface area (Å²) in [6.07, 6.45) is 1.67. The number of benzene rings is 1. The zero-order chi connectivity index (χ0) is 16.1. The maximum absolute atomic E-state index is 12.4. The highest BCUT2D eigenvalue weighted by atomic mass is 79.9. The van der Waals surface area contributed by atoms with Crippen molar-refractivity contribution >= 4 is 21.8 Å². The van der Waals surface area contributed by atoms with E-state index in [0.29, 0.717) is 25.3 Å². The van der Waals surface area contributed by atoms with E-state index < -0.39 is 0 Å². The molecule has 0 saturated carbocycles. The van der Waals surface area contributed by atoms with Gasteiger partial charge in [-0.25, -0.2) is 0 Å². The van der Waals surface area contributed by atoms with Gasteiger partial charge in [0, 0.05) is 24.1 Å². The number of carbonyl (C=O) groups excluding carboxylic acids is 1. The second kappa shape index (κ2) is 7.77. The van der Waals surface area contributed by atoms with E-state index >= 15 is 0 Å². The van der Waals surface area contributed by atoms with Crippen LogP contribution in [-0.2, 0) is 4.74 Å². The number of nitrogens with one attached hydrogen (secondary N) is 1. The molecule has 1 fully saturated rings.